The van der Waals surface area contributed by atoms with E-state index in [1.54, 1.807) is 11.3 Å². The van der Waals surface area contributed by atoms with E-state index >= 15 is 0 Å². The van der Waals surface area contributed by atoms with E-state index in [1.165, 1.54) is 0 Å². The minimum Gasteiger partial charge on any atom is -0.294 e. The van der Waals surface area contributed by atoms with Crippen LogP contribution < -0.4 is 0 Å². The Bertz CT molecular complexity index is 326. The van der Waals surface area contributed by atoms with Crippen molar-refractivity contribution in [3.8, 4) is 0 Å². The molecule has 0 amide bonds. The van der Waals surface area contributed by atoms with Crippen molar-refractivity contribution in [3.05, 3.63) is 20.3 Å². The molecule has 0 saturated carbocycles. The predicted octanol–water partition coefficient (Wildman–Crippen LogP) is 4.44. The average Bonchev–Trinajstić information content (AvgIpc) is 2.47. The van der Waals surface area contributed by atoms with Crippen molar-refractivity contribution in [2.75, 3.05) is 0 Å². The molecule has 0 spiro atoms. The molecular formula is C11H15BrOS. The van der Waals surface area contributed by atoms with Crippen molar-refractivity contribution >= 4 is 33.0 Å². The molecule has 0 aliphatic carbocycles. The Kier molecular flexibility index (Phi) is 4.32. The molecular weight excluding hydrogens is 260 g/mol. The first kappa shape index (κ1) is 11.9. The number of rotatable bonds is 4. The van der Waals surface area contributed by atoms with Crippen molar-refractivity contribution in [2.45, 2.75) is 33.6 Å². The molecule has 14 heavy (non-hydrogen) atoms. The zero-order valence-corrected chi connectivity index (χ0v) is 11.2. The van der Waals surface area contributed by atoms with E-state index in [2.05, 4.69) is 29.8 Å². The molecule has 0 aliphatic rings. The lowest BCUT2D eigenvalue weighted by molar-refractivity contribution is 0.0913. The van der Waals surface area contributed by atoms with Crippen LogP contribution in [0.25, 0.3) is 0 Å². The summed E-state index contributed by atoms with van der Waals surface area (Å²) in [5.41, 5.74) is 0.899. The van der Waals surface area contributed by atoms with Gasteiger partial charge < -0.3 is 0 Å². The van der Waals surface area contributed by atoms with Gasteiger partial charge in [0.05, 0.1) is 3.79 Å². The van der Waals surface area contributed by atoms with Crippen LogP contribution in [-0.4, -0.2) is 5.78 Å². The van der Waals surface area contributed by atoms with Gasteiger partial charge in [0.25, 0.3) is 0 Å². The summed E-state index contributed by atoms with van der Waals surface area (Å²) in [6.45, 7) is 6.15. The van der Waals surface area contributed by atoms with Crippen LogP contribution in [0.1, 0.15) is 41.9 Å². The van der Waals surface area contributed by atoms with Crippen LogP contribution >= 0.6 is 27.3 Å². The smallest absolute Gasteiger partial charge is 0.167 e. The van der Waals surface area contributed by atoms with Crippen molar-refractivity contribution in [1.82, 2.24) is 0 Å². The van der Waals surface area contributed by atoms with Gasteiger partial charge in [-0.15, -0.1) is 11.3 Å². The summed E-state index contributed by atoms with van der Waals surface area (Å²) >= 11 is 5.04. The maximum atomic E-state index is 12.0. The number of hydrogen-bond acceptors (Lipinski definition) is 2. The molecule has 1 aromatic rings. The van der Waals surface area contributed by atoms with Crippen LogP contribution in [0, 0.1) is 12.8 Å². The highest BCUT2D eigenvalue weighted by Gasteiger charge is 2.19. The van der Waals surface area contributed by atoms with Crippen molar-refractivity contribution < 1.29 is 4.79 Å². The van der Waals surface area contributed by atoms with Crippen LogP contribution in [0.15, 0.2) is 9.85 Å². The number of carbonyl (C=O) groups excluding carboxylic acids is 1. The topological polar surface area (TPSA) is 17.1 Å². The second-order valence-electron chi connectivity index (χ2n) is 3.40. The fraction of sp³-hybridized carbons (Fsp3) is 0.545. The third-order valence-electron chi connectivity index (χ3n) is 2.51. The lowest BCUT2D eigenvalue weighted by atomic mass is 9.93. The predicted molar refractivity (Wildman–Crippen MR) is 65.2 cm³/mol. The fourth-order valence-corrected chi connectivity index (χ4v) is 3.27. The van der Waals surface area contributed by atoms with Gasteiger partial charge in [0.2, 0.25) is 0 Å². The molecule has 1 nitrogen and oxygen atoms in total. The van der Waals surface area contributed by atoms with E-state index < -0.39 is 0 Å². The van der Waals surface area contributed by atoms with E-state index in [-0.39, 0.29) is 5.92 Å². The summed E-state index contributed by atoms with van der Waals surface area (Å²) in [6, 6.07) is 1.95. The number of halogens is 1. The van der Waals surface area contributed by atoms with Crippen LogP contribution in [0.3, 0.4) is 0 Å². The second-order valence-corrected chi connectivity index (χ2v) is 6.03. The molecule has 3 heteroatoms. The third kappa shape index (κ3) is 2.45. The van der Waals surface area contributed by atoms with Gasteiger partial charge in [0.15, 0.2) is 5.78 Å². The average molecular weight is 275 g/mol. The number of carbonyl (C=O) groups is 1. The summed E-state index contributed by atoms with van der Waals surface area (Å²) in [6.07, 6.45) is 1.87. The second kappa shape index (κ2) is 5.08. The van der Waals surface area contributed by atoms with Gasteiger partial charge in [0.1, 0.15) is 0 Å². The van der Waals surface area contributed by atoms with E-state index in [9.17, 15) is 4.79 Å². The summed E-state index contributed by atoms with van der Waals surface area (Å²) in [4.78, 5) is 13.1. The maximum Gasteiger partial charge on any atom is 0.167 e. The van der Waals surface area contributed by atoms with E-state index in [1.807, 2.05) is 13.0 Å². The molecule has 1 heterocycles. The molecule has 78 valence electrons. The first-order valence-corrected chi connectivity index (χ1v) is 6.51. The van der Waals surface area contributed by atoms with Crippen LogP contribution in [0.4, 0.5) is 0 Å². The number of aryl methyl sites for hydroxylation is 1. The molecule has 0 atom stereocenters. The molecule has 0 aromatic carbocycles. The molecule has 0 N–H and O–H groups in total. The van der Waals surface area contributed by atoms with Gasteiger partial charge in [-0.1, -0.05) is 13.8 Å². The van der Waals surface area contributed by atoms with Crippen molar-refractivity contribution in [1.29, 1.82) is 0 Å². The Morgan fingerprint density at radius 2 is 2.07 bits per heavy atom. The summed E-state index contributed by atoms with van der Waals surface area (Å²) in [5.74, 6) is 0.490. The van der Waals surface area contributed by atoms with Gasteiger partial charge in [0, 0.05) is 16.4 Å². The Morgan fingerprint density at radius 1 is 1.50 bits per heavy atom. The Morgan fingerprint density at radius 3 is 2.43 bits per heavy atom. The number of thiophene rings is 1. The SMILES string of the molecule is CCC(CC)C(=O)c1cc(Br)sc1C. The fourth-order valence-electron chi connectivity index (χ4n) is 1.57. The van der Waals surface area contributed by atoms with Gasteiger partial charge in [-0.05, 0) is 41.8 Å². The van der Waals surface area contributed by atoms with Crippen LogP contribution in [0.2, 0.25) is 0 Å². The highest BCUT2D eigenvalue weighted by atomic mass is 79.9. The van der Waals surface area contributed by atoms with E-state index in [4.69, 9.17) is 0 Å². The van der Waals surface area contributed by atoms with Crippen molar-refractivity contribution in [3.63, 3.8) is 0 Å². The van der Waals surface area contributed by atoms with Crippen LogP contribution in [-0.2, 0) is 0 Å². The quantitative estimate of drug-likeness (QED) is 0.742. The molecule has 1 rings (SSSR count). The summed E-state index contributed by atoms with van der Waals surface area (Å²) < 4.78 is 1.05. The molecule has 1 aromatic heterocycles. The number of Topliss-reactive ketones (excluding diaryl/α,β-unsaturated/α-hetero) is 1. The first-order valence-electron chi connectivity index (χ1n) is 4.90. The molecule has 0 saturated heterocycles. The maximum absolute atomic E-state index is 12.0. The van der Waals surface area contributed by atoms with Crippen molar-refractivity contribution in [2.24, 2.45) is 5.92 Å². The summed E-state index contributed by atoms with van der Waals surface area (Å²) in [7, 11) is 0. The molecule has 0 radical (unpaired) electrons. The Hall–Kier alpha value is -0.150. The van der Waals surface area contributed by atoms with Gasteiger partial charge in [-0.25, -0.2) is 0 Å². The van der Waals surface area contributed by atoms with Gasteiger partial charge in [-0.3, -0.25) is 4.79 Å². The zero-order chi connectivity index (χ0) is 10.7. The third-order valence-corrected chi connectivity index (χ3v) is 4.06. The monoisotopic (exact) mass is 274 g/mol. The van der Waals surface area contributed by atoms with E-state index in [0.717, 1.165) is 27.1 Å². The van der Waals surface area contributed by atoms with Gasteiger partial charge >= 0.3 is 0 Å². The zero-order valence-electron chi connectivity index (χ0n) is 8.76. The van der Waals surface area contributed by atoms with Gasteiger partial charge in [-0.2, -0.15) is 0 Å². The molecule has 0 unspecified atom stereocenters. The number of ketones is 1. The van der Waals surface area contributed by atoms with E-state index in [0.29, 0.717) is 5.78 Å². The number of hydrogen-bond donors (Lipinski definition) is 0. The molecule has 0 fully saturated rings. The lowest BCUT2D eigenvalue weighted by Gasteiger charge is -2.09. The minimum absolute atomic E-state index is 0.190. The summed E-state index contributed by atoms with van der Waals surface area (Å²) in [5, 5.41) is 0. The highest BCUT2D eigenvalue weighted by Crippen LogP contribution is 2.29. The lowest BCUT2D eigenvalue weighted by Crippen LogP contribution is -2.12. The molecule has 0 aliphatic heterocycles. The Labute approximate surface area is 97.7 Å². The Balaban J connectivity index is 2.93. The standard InChI is InChI=1S/C11H15BrOS/c1-4-8(5-2)11(13)9-6-10(12)14-7(9)3/h6,8H,4-5H2,1-3H3. The largest absolute Gasteiger partial charge is 0.294 e. The molecule has 0 bridgehead atoms. The highest BCUT2D eigenvalue weighted by molar-refractivity contribution is 9.11. The first-order chi connectivity index (χ1) is 6.60. The van der Waals surface area contributed by atoms with Crippen LogP contribution in [0.5, 0.6) is 0 Å². The minimum atomic E-state index is 0.190. The normalized spacial score (nSPS) is 10.9.